The highest BCUT2D eigenvalue weighted by Crippen LogP contribution is 2.23. The zero-order valence-corrected chi connectivity index (χ0v) is 9.93. The van der Waals surface area contributed by atoms with Crippen LogP contribution in [0.1, 0.15) is 20.8 Å². The molecule has 1 amide bonds. The van der Waals surface area contributed by atoms with E-state index in [0.29, 0.717) is 6.54 Å². The van der Waals surface area contributed by atoms with Crippen LogP contribution in [0.4, 0.5) is 4.79 Å². The molecule has 1 atom stereocenters. The molecular weight excluding hydrogens is 206 g/mol. The quantitative estimate of drug-likeness (QED) is 0.760. The van der Waals surface area contributed by atoms with Crippen molar-refractivity contribution in [3.63, 3.8) is 0 Å². The Balaban J connectivity index is 2.60. The number of hydrogen-bond donors (Lipinski definition) is 2. The van der Waals surface area contributed by atoms with Crippen molar-refractivity contribution in [1.82, 2.24) is 10.4 Å². The lowest BCUT2D eigenvalue weighted by molar-refractivity contribution is 0.0145. The Bertz CT molecular complexity index is 305. The molecule has 0 aromatic rings. The van der Waals surface area contributed by atoms with Crippen molar-refractivity contribution in [1.29, 1.82) is 0 Å². The Morgan fingerprint density at radius 3 is 2.62 bits per heavy atom. The van der Waals surface area contributed by atoms with Gasteiger partial charge in [0.25, 0.3) is 0 Å². The normalized spacial score (nSPS) is 16.8. The second kappa shape index (κ2) is 4.92. The van der Waals surface area contributed by atoms with E-state index in [0.717, 1.165) is 0 Å². The summed E-state index contributed by atoms with van der Waals surface area (Å²) < 4.78 is 5.12. The molecule has 0 saturated heterocycles. The van der Waals surface area contributed by atoms with Crippen molar-refractivity contribution in [3.05, 3.63) is 24.6 Å². The van der Waals surface area contributed by atoms with E-state index in [2.05, 4.69) is 5.43 Å². The fraction of sp³-hybridized carbons (Fsp3) is 0.545. The highest BCUT2D eigenvalue weighted by molar-refractivity contribution is 5.64. The molecule has 90 valence electrons. The standard InChI is InChI=1S/C11H19N3O2/c1-11(2,3)9(16-10(12)15)8-14-7-5-4-6-13-14/h4-7,9,13H,8H2,1-3H3,(H2,12,15). The van der Waals surface area contributed by atoms with Gasteiger partial charge in [-0.05, 0) is 12.2 Å². The van der Waals surface area contributed by atoms with Crippen molar-refractivity contribution in [2.45, 2.75) is 26.9 Å². The highest BCUT2D eigenvalue weighted by Gasteiger charge is 2.29. The lowest BCUT2D eigenvalue weighted by Gasteiger charge is -2.34. The van der Waals surface area contributed by atoms with Crippen LogP contribution in [0.25, 0.3) is 0 Å². The first-order chi connectivity index (χ1) is 7.39. The van der Waals surface area contributed by atoms with Gasteiger partial charge in [-0.2, -0.15) is 0 Å². The number of nitrogens with zero attached hydrogens (tertiary/aromatic N) is 1. The van der Waals surface area contributed by atoms with Gasteiger partial charge in [-0.15, -0.1) is 0 Å². The number of amides is 1. The molecule has 0 saturated carbocycles. The molecule has 16 heavy (non-hydrogen) atoms. The van der Waals surface area contributed by atoms with Crippen LogP contribution in [0.2, 0.25) is 0 Å². The van der Waals surface area contributed by atoms with Crippen LogP contribution in [-0.4, -0.2) is 23.8 Å². The minimum absolute atomic E-state index is 0.161. The number of nitrogens with one attached hydrogen (secondary N) is 1. The summed E-state index contributed by atoms with van der Waals surface area (Å²) >= 11 is 0. The lowest BCUT2D eigenvalue weighted by Crippen LogP contribution is -2.45. The van der Waals surface area contributed by atoms with E-state index >= 15 is 0 Å². The number of ether oxygens (including phenoxy) is 1. The molecule has 5 heteroatoms. The van der Waals surface area contributed by atoms with Crippen molar-refractivity contribution in [2.24, 2.45) is 11.1 Å². The number of carbonyl (C=O) groups is 1. The third kappa shape index (κ3) is 3.84. The number of hydrazine groups is 1. The van der Waals surface area contributed by atoms with E-state index < -0.39 is 6.09 Å². The van der Waals surface area contributed by atoms with Gasteiger partial charge in [0.15, 0.2) is 0 Å². The molecule has 0 aromatic heterocycles. The van der Waals surface area contributed by atoms with Crippen LogP contribution in [-0.2, 0) is 4.74 Å². The molecule has 0 aromatic carbocycles. The summed E-state index contributed by atoms with van der Waals surface area (Å²) in [6, 6.07) is 0. The molecule has 5 nitrogen and oxygen atoms in total. The van der Waals surface area contributed by atoms with Gasteiger partial charge in [0, 0.05) is 17.8 Å². The molecule has 0 aliphatic carbocycles. The first kappa shape index (κ1) is 12.4. The molecule has 1 aliphatic heterocycles. The molecule has 1 rings (SSSR count). The Morgan fingerprint density at radius 1 is 1.50 bits per heavy atom. The maximum Gasteiger partial charge on any atom is 0.404 e. The molecule has 3 N–H and O–H groups in total. The summed E-state index contributed by atoms with van der Waals surface area (Å²) in [6.07, 6.45) is 6.47. The van der Waals surface area contributed by atoms with Crippen LogP contribution < -0.4 is 11.2 Å². The summed E-state index contributed by atoms with van der Waals surface area (Å²) in [5.74, 6) is 0. The summed E-state index contributed by atoms with van der Waals surface area (Å²) in [7, 11) is 0. The van der Waals surface area contributed by atoms with Crippen LogP contribution in [0, 0.1) is 5.41 Å². The third-order valence-corrected chi connectivity index (χ3v) is 2.30. The van der Waals surface area contributed by atoms with Crippen LogP contribution in [0.3, 0.4) is 0 Å². The average molecular weight is 225 g/mol. The highest BCUT2D eigenvalue weighted by atomic mass is 16.6. The summed E-state index contributed by atoms with van der Waals surface area (Å²) in [5, 5.41) is 1.85. The van der Waals surface area contributed by atoms with Crippen LogP contribution >= 0.6 is 0 Å². The van der Waals surface area contributed by atoms with E-state index in [4.69, 9.17) is 10.5 Å². The predicted molar refractivity (Wildman–Crippen MR) is 62.0 cm³/mol. The van der Waals surface area contributed by atoms with E-state index in [1.54, 1.807) is 0 Å². The predicted octanol–water partition coefficient (Wildman–Crippen LogP) is 1.34. The number of nitrogens with two attached hydrogens (primary N) is 1. The monoisotopic (exact) mass is 225 g/mol. The minimum Gasteiger partial charge on any atom is -0.444 e. The second-order valence-electron chi connectivity index (χ2n) is 4.77. The van der Waals surface area contributed by atoms with Gasteiger partial charge < -0.3 is 15.9 Å². The fourth-order valence-electron chi connectivity index (χ4n) is 1.31. The minimum atomic E-state index is -0.739. The van der Waals surface area contributed by atoms with Gasteiger partial charge in [-0.1, -0.05) is 20.8 Å². The molecule has 0 radical (unpaired) electrons. The van der Waals surface area contributed by atoms with Crippen molar-refractivity contribution < 1.29 is 9.53 Å². The molecule has 1 unspecified atom stereocenters. The SMILES string of the molecule is CC(C)(C)C(CN1C=CC=CN1)OC(N)=O. The number of allylic oxidation sites excluding steroid dienone is 2. The van der Waals surface area contributed by atoms with E-state index in [1.807, 2.05) is 50.3 Å². The number of hydrogen-bond acceptors (Lipinski definition) is 4. The first-order valence-corrected chi connectivity index (χ1v) is 5.22. The van der Waals surface area contributed by atoms with Crippen molar-refractivity contribution in [3.8, 4) is 0 Å². The molecule has 0 fully saturated rings. The molecule has 1 heterocycles. The van der Waals surface area contributed by atoms with Gasteiger partial charge >= 0.3 is 6.09 Å². The van der Waals surface area contributed by atoms with Gasteiger partial charge in [-0.3, -0.25) is 5.01 Å². The average Bonchev–Trinajstić information content (AvgIpc) is 2.16. The summed E-state index contributed by atoms with van der Waals surface area (Å²) in [5.41, 5.74) is 7.93. The van der Waals surface area contributed by atoms with Gasteiger partial charge in [0.1, 0.15) is 6.10 Å². The van der Waals surface area contributed by atoms with E-state index in [9.17, 15) is 4.79 Å². The topological polar surface area (TPSA) is 67.6 Å². The fourth-order valence-corrected chi connectivity index (χ4v) is 1.31. The number of primary amides is 1. The Morgan fingerprint density at radius 2 is 2.19 bits per heavy atom. The smallest absolute Gasteiger partial charge is 0.404 e. The first-order valence-electron chi connectivity index (χ1n) is 5.22. The molecule has 0 spiro atoms. The van der Waals surface area contributed by atoms with Gasteiger partial charge in [0.2, 0.25) is 0 Å². The van der Waals surface area contributed by atoms with Gasteiger partial charge in [-0.25, -0.2) is 4.79 Å². The van der Waals surface area contributed by atoms with E-state index in [1.165, 1.54) is 0 Å². The van der Waals surface area contributed by atoms with Crippen LogP contribution in [0.15, 0.2) is 24.6 Å². The number of carbonyl (C=O) groups excluding carboxylic acids is 1. The van der Waals surface area contributed by atoms with Crippen LogP contribution in [0.5, 0.6) is 0 Å². The zero-order valence-electron chi connectivity index (χ0n) is 9.93. The zero-order chi connectivity index (χ0) is 12.2. The summed E-state index contributed by atoms with van der Waals surface area (Å²) in [6.45, 7) is 6.56. The maximum atomic E-state index is 10.8. The van der Waals surface area contributed by atoms with Crippen molar-refractivity contribution in [2.75, 3.05) is 6.54 Å². The summed E-state index contributed by atoms with van der Waals surface area (Å²) in [4.78, 5) is 10.8. The van der Waals surface area contributed by atoms with E-state index in [-0.39, 0.29) is 11.5 Å². The Kier molecular flexibility index (Phi) is 3.82. The largest absolute Gasteiger partial charge is 0.444 e. The molecule has 1 aliphatic rings. The lowest BCUT2D eigenvalue weighted by atomic mass is 9.89. The second-order valence-corrected chi connectivity index (χ2v) is 4.77. The maximum absolute atomic E-state index is 10.8. The Labute approximate surface area is 95.9 Å². The molecular formula is C11H19N3O2. The third-order valence-electron chi connectivity index (χ3n) is 2.30. The molecule has 0 bridgehead atoms. The van der Waals surface area contributed by atoms with Crippen molar-refractivity contribution >= 4 is 6.09 Å². The Hall–Kier alpha value is -1.65. The number of rotatable bonds is 3. The van der Waals surface area contributed by atoms with Gasteiger partial charge in [0.05, 0.1) is 6.54 Å².